The average Bonchev–Trinajstić information content (AvgIpc) is 3.12. The van der Waals surface area contributed by atoms with E-state index in [4.69, 9.17) is 0 Å². The summed E-state index contributed by atoms with van der Waals surface area (Å²) in [5, 5.41) is 9.63. The first-order valence-corrected chi connectivity index (χ1v) is 7.74. The second kappa shape index (κ2) is 6.06. The molecule has 4 rings (SSSR count). The quantitative estimate of drug-likeness (QED) is 0.725. The number of rotatable bonds is 2. The number of nitriles is 1. The zero-order valence-corrected chi connectivity index (χ0v) is 13.1. The minimum Gasteiger partial charge on any atom is -0.283 e. The van der Waals surface area contributed by atoms with Gasteiger partial charge in [0.2, 0.25) is 0 Å². The topological polar surface area (TPSA) is 74.3 Å². The average molecular weight is 327 g/mol. The summed E-state index contributed by atoms with van der Waals surface area (Å²) >= 11 is 0. The van der Waals surface area contributed by atoms with E-state index in [9.17, 15) is 10.1 Å². The van der Waals surface area contributed by atoms with Gasteiger partial charge >= 0.3 is 0 Å². The maximum atomic E-state index is 12.7. The SMILES string of the molecule is N#CC1c2ncn(-c3ccccc3)c2N=CN1C(=O)c1ccccc1. The fraction of sp³-hybridized carbons (Fsp3) is 0.0526. The van der Waals surface area contributed by atoms with Crippen LogP contribution in [0.25, 0.3) is 5.69 Å². The van der Waals surface area contributed by atoms with Crippen LogP contribution in [0, 0.1) is 11.3 Å². The van der Waals surface area contributed by atoms with Crippen molar-refractivity contribution < 1.29 is 4.79 Å². The zero-order valence-electron chi connectivity index (χ0n) is 13.1. The summed E-state index contributed by atoms with van der Waals surface area (Å²) in [6.07, 6.45) is 3.03. The molecular formula is C19H13N5O. The van der Waals surface area contributed by atoms with E-state index in [1.807, 2.05) is 36.4 Å². The van der Waals surface area contributed by atoms with Gasteiger partial charge in [-0.2, -0.15) is 5.26 Å². The Balaban J connectivity index is 1.74. The summed E-state index contributed by atoms with van der Waals surface area (Å²) in [5.74, 6) is 0.283. The standard InChI is InChI=1S/C19H13N5O/c20-11-16-17-18(23(12-21-17)15-9-5-2-6-10-15)22-13-24(16)19(25)14-7-3-1-4-8-14/h1-10,12-13,16H. The Morgan fingerprint density at radius 2 is 1.72 bits per heavy atom. The van der Waals surface area contributed by atoms with E-state index >= 15 is 0 Å². The van der Waals surface area contributed by atoms with Gasteiger partial charge in [0.05, 0.1) is 6.07 Å². The van der Waals surface area contributed by atoms with Crippen molar-refractivity contribution in [3.8, 4) is 11.8 Å². The molecule has 2 aromatic carbocycles. The van der Waals surface area contributed by atoms with Crippen LogP contribution in [-0.2, 0) is 0 Å². The van der Waals surface area contributed by atoms with Crippen LogP contribution in [0.2, 0.25) is 0 Å². The Bertz CT molecular complexity index is 986. The van der Waals surface area contributed by atoms with Gasteiger partial charge in [-0.1, -0.05) is 36.4 Å². The lowest BCUT2D eigenvalue weighted by atomic mass is 10.1. The first-order chi connectivity index (χ1) is 12.3. The Kier molecular flexibility index (Phi) is 3.60. The number of imidazole rings is 1. The highest BCUT2D eigenvalue weighted by Gasteiger charge is 2.33. The highest BCUT2D eigenvalue weighted by molar-refractivity contribution is 6.02. The molecule has 0 saturated carbocycles. The van der Waals surface area contributed by atoms with Crippen LogP contribution in [0.5, 0.6) is 0 Å². The summed E-state index contributed by atoms with van der Waals surface area (Å²) in [5.41, 5.74) is 1.87. The van der Waals surface area contributed by atoms with Crippen LogP contribution < -0.4 is 0 Å². The minimum absolute atomic E-state index is 0.282. The molecule has 120 valence electrons. The van der Waals surface area contributed by atoms with Crippen molar-refractivity contribution in [2.24, 2.45) is 4.99 Å². The number of aliphatic imine (C=N–C) groups is 1. The van der Waals surface area contributed by atoms with Crippen molar-refractivity contribution in [1.82, 2.24) is 14.5 Å². The van der Waals surface area contributed by atoms with Gasteiger partial charge in [-0.05, 0) is 24.3 Å². The Morgan fingerprint density at radius 1 is 1.04 bits per heavy atom. The lowest BCUT2D eigenvalue weighted by Gasteiger charge is -2.25. The van der Waals surface area contributed by atoms with Crippen LogP contribution in [0.15, 0.2) is 72.0 Å². The predicted octanol–water partition coefficient (Wildman–Crippen LogP) is 3.25. The monoisotopic (exact) mass is 327 g/mol. The van der Waals surface area contributed by atoms with E-state index < -0.39 is 6.04 Å². The van der Waals surface area contributed by atoms with Gasteiger partial charge in [0, 0.05) is 11.3 Å². The second-order valence-corrected chi connectivity index (χ2v) is 5.51. The number of carbonyl (C=O) groups is 1. The van der Waals surface area contributed by atoms with Crippen LogP contribution >= 0.6 is 0 Å². The van der Waals surface area contributed by atoms with Crippen LogP contribution in [0.3, 0.4) is 0 Å². The molecule has 0 spiro atoms. The Morgan fingerprint density at radius 3 is 2.40 bits per heavy atom. The molecule has 6 nitrogen and oxygen atoms in total. The first kappa shape index (κ1) is 14.8. The lowest BCUT2D eigenvalue weighted by Crippen LogP contribution is -2.35. The number of para-hydroxylation sites is 1. The number of benzene rings is 2. The van der Waals surface area contributed by atoms with Gasteiger partial charge in [0.15, 0.2) is 11.9 Å². The molecule has 0 aliphatic carbocycles. The van der Waals surface area contributed by atoms with E-state index in [-0.39, 0.29) is 5.91 Å². The number of hydrogen-bond acceptors (Lipinski definition) is 4. The van der Waals surface area contributed by atoms with E-state index in [1.165, 1.54) is 11.2 Å². The second-order valence-electron chi connectivity index (χ2n) is 5.51. The van der Waals surface area contributed by atoms with Gasteiger partial charge in [0.25, 0.3) is 5.91 Å². The van der Waals surface area contributed by atoms with E-state index in [0.717, 1.165) is 5.69 Å². The molecule has 1 unspecified atom stereocenters. The van der Waals surface area contributed by atoms with Crippen molar-refractivity contribution >= 4 is 18.1 Å². The molecule has 25 heavy (non-hydrogen) atoms. The van der Waals surface area contributed by atoms with Gasteiger partial charge in [0.1, 0.15) is 18.4 Å². The predicted molar refractivity (Wildman–Crippen MR) is 92.7 cm³/mol. The van der Waals surface area contributed by atoms with Crippen LogP contribution in [-0.4, -0.2) is 26.7 Å². The molecule has 1 atom stereocenters. The molecule has 3 aromatic rings. The largest absolute Gasteiger partial charge is 0.283 e. The van der Waals surface area contributed by atoms with Crippen molar-refractivity contribution in [1.29, 1.82) is 5.26 Å². The number of amides is 1. The number of hydrogen-bond donors (Lipinski definition) is 0. The van der Waals surface area contributed by atoms with E-state index in [0.29, 0.717) is 17.1 Å². The third-order valence-electron chi connectivity index (χ3n) is 4.02. The van der Waals surface area contributed by atoms with Crippen LogP contribution in [0.4, 0.5) is 5.82 Å². The summed E-state index contributed by atoms with van der Waals surface area (Å²) in [6, 6.07) is 19.8. The highest BCUT2D eigenvalue weighted by atomic mass is 16.2. The normalized spacial score (nSPS) is 15.5. The van der Waals surface area contributed by atoms with Crippen molar-refractivity contribution in [2.75, 3.05) is 0 Å². The molecule has 1 amide bonds. The van der Waals surface area contributed by atoms with Crippen LogP contribution in [0.1, 0.15) is 22.1 Å². The van der Waals surface area contributed by atoms with Gasteiger partial charge < -0.3 is 0 Å². The van der Waals surface area contributed by atoms with Crippen molar-refractivity contribution in [2.45, 2.75) is 6.04 Å². The maximum Gasteiger partial charge on any atom is 0.260 e. The fourth-order valence-corrected chi connectivity index (χ4v) is 2.79. The summed E-state index contributed by atoms with van der Waals surface area (Å²) in [6.45, 7) is 0. The zero-order chi connectivity index (χ0) is 17.2. The van der Waals surface area contributed by atoms with Gasteiger partial charge in [-0.15, -0.1) is 0 Å². The molecule has 1 aromatic heterocycles. The molecule has 0 radical (unpaired) electrons. The molecule has 1 aliphatic heterocycles. The molecule has 0 N–H and O–H groups in total. The lowest BCUT2D eigenvalue weighted by molar-refractivity contribution is 0.0827. The molecular weight excluding hydrogens is 314 g/mol. The number of aromatic nitrogens is 2. The summed E-state index contributed by atoms with van der Waals surface area (Å²) < 4.78 is 1.81. The Labute approximate surface area is 144 Å². The summed E-state index contributed by atoms with van der Waals surface area (Å²) in [4.78, 5) is 22.8. The van der Waals surface area contributed by atoms with Crippen molar-refractivity contribution in [3.63, 3.8) is 0 Å². The maximum absolute atomic E-state index is 12.7. The minimum atomic E-state index is -0.815. The molecule has 1 aliphatic rings. The number of fused-ring (bicyclic) bond motifs is 1. The van der Waals surface area contributed by atoms with Crippen molar-refractivity contribution in [3.05, 3.63) is 78.2 Å². The molecule has 0 fully saturated rings. The smallest absolute Gasteiger partial charge is 0.260 e. The van der Waals surface area contributed by atoms with E-state index in [1.54, 1.807) is 35.2 Å². The number of nitrogens with zero attached hydrogens (tertiary/aromatic N) is 5. The third-order valence-corrected chi connectivity index (χ3v) is 4.02. The summed E-state index contributed by atoms with van der Waals surface area (Å²) in [7, 11) is 0. The molecule has 0 saturated heterocycles. The first-order valence-electron chi connectivity index (χ1n) is 7.74. The fourth-order valence-electron chi connectivity index (χ4n) is 2.79. The molecule has 6 heteroatoms. The molecule has 2 heterocycles. The van der Waals surface area contributed by atoms with E-state index in [2.05, 4.69) is 16.0 Å². The van der Waals surface area contributed by atoms with Gasteiger partial charge in [-0.25, -0.2) is 9.98 Å². The number of carbonyl (C=O) groups excluding carboxylic acids is 1. The third kappa shape index (κ3) is 2.48. The van der Waals surface area contributed by atoms with Gasteiger partial charge in [-0.3, -0.25) is 14.3 Å². The highest BCUT2D eigenvalue weighted by Crippen LogP contribution is 2.34. The molecule has 0 bridgehead atoms. The Hall–Kier alpha value is -3.72.